The van der Waals surface area contributed by atoms with Crippen molar-refractivity contribution in [1.29, 1.82) is 0 Å². The maximum Gasteiger partial charge on any atom is 0.245 e. The fraction of sp³-hybridized carbons (Fsp3) is 0.500. The van der Waals surface area contributed by atoms with Crippen molar-refractivity contribution in [3.63, 3.8) is 0 Å². The number of amides is 6. The predicted octanol–water partition coefficient (Wildman–Crippen LogP) is -1.23. The zero-order chi connectivity index (χ0) is 37.7. The fourth-order valence-electron chi connectivity index (χ4n) is 5.54. The number of hydrogen-bond acceptors (Lipinski definition) is 9. The van der Waals surface area contributed by atoms with Crippen molar-refractivity contribution in [2.75, 3.05) is 6.54 Å². The molecule has 3 aromatic rings. The van der Waals surface area contributed by atoms with Gasteiger partial charge in [0, 0.05) is 43.1 Å². The molecule has 0 saturated carbocycles. The second kappa shape index (κ2) is 19.2. The van der Waals surface area contributed by atoms with E-state index in [9.17, 15) is 33.9 Å². The van der Waals surface area contributed by atoms with Crippen molar-refractivity contribution < 1.29 is 33.9 Å². The third-order valence-electron chi connectivity index (χ3n) is 8.31. The van der Waals surface area contributed by atoms with Crippen LogP contribution in [0.25, 0.3) is 10.9 Å². The molecule has 6 atom stereocenters. The van der Waals surface area contributed by atoms with Gasteiger partial charge in [-0.15, -0.1) is 0 Å². The highest BCUT2D eigenvalue weighted by Gasteiger charge is 2.35. The maximum absolute atomic E-state index is 14.0. The third kappa shape index (κ3) is 11.9. The maximum atomic E-state index is 14.0. The van der Waals surface area contributed by atoms with Crippen molar-refractivity contribution in [3.05, 3.63) is 54.2 Å². The Kier molecular flexibility index (Phi) is 15.1. The van der Waals surface area contributed by atoms with Gasteiger partial charge in [0.2, 0.25) is 35.4 Å². The smallest absolute Gasteiger partial charge is 0.245 e. The first-order chi connectivity index (χ1) is 24.2. The molecule has 0 saturated heterocycles. The van der Waals surface area contributed by atoms with Gasteiger partial charge in [-0.05, 0) is 50.3 Å². The highest BCUT2D eigenvalue weighted by molar-refractivity contribution is 5.97. The number of aromatic amines is 2. The lowest BCUT2D eigenvalue weighted by molar-refractivity contribution is -0.137. The molecule has 3 rings (SSSR count). The Balaban J connectivity index is 1.83. The largest absolute Gasteiger partial charge is 0.391 e. The van der Waals surface area contributed by atoms with Gasteiger partial charge < -0.3 is 53.1 Å². The van der Waals surface area contributed by atoms with Gasteiger partial charge in [0.25, 0.3) is 0 Å². The van der Waals surface area contributed by atoms with Gasteiger partial charge >= 0.3 is 0 Å². The normalized spacial score (nSPS) is 14.8. The molecule has 0 unspecified atom stereocenters. The number of aliphatic hydroxyl groups excluding tert-OH is 1. The summed E-state index contributed by atoms with van der Waals surface area (Å²) in [5, 5.41) is 24.3. The quantitative estimate of drug-likeness (QED) is 0.0628. The number of unbranched alkanes of at least 4 members (excludes halogenated alkanes) is 1. The van der Waals surface area contributed by atoms with E-state index in [-0.39, 0.29) is 12.8 Å². The van der Waals surface area contributed by atoms with Gasteiger partial charge in [0.05, 0.1) is 18.1 Å². The van der Waals surface area contributed by atoms with Crippen LogP contribution in [0.1, 0.15) is 58.2 Å². The van der Waals surface area contributed by atoms with Gasteiger partial charge in [-0.3, -0.25) is 28.8 Å². The summed E-state index contributed by atoms with van der Waals surface area (Å²) in [5.41, 5.74) is 13.1. The summed E-state index contributed by atoms with van der Waals surface area (Å²) in [6.07, 6.45) is 4.74. The molecule has 17 nitrogen and oxygen atoms in total. The number of aromatic nitrogens is 3. The van der Waals surface area contributed by atoms with E-state index in [1.165, 1.54) is 26.4 Å². The van der Waals surface area contributed by atoms with Gasteiger partial charge in [-0.25, -0.2) is 4.98 Å². The number of imidazole rings is 1. The van der Waals surface area contributed by atoms with E-state index in [1.807, 2.05) is 24.3 Å². The van der Waals surface area contributed by atoms with E-state index in [0.29, 0.717) is 31.5 Å². The Hall–Kier alpha value is -5.29. The van der Waals surface area contributed by atoms with Gasteiger partial charge in [-0.1, -0.05) is 32.0 Å². The zero-order valence-corrected chi connectivity index (χ0v) is 29.3. The van der Waals surface area contributed by atoms with Crippen molar-refractivity contribution >= 4 is 46.3 Å². The molecule has 0 aliphatic heterocycles. The Morgan fingerprint density at radius 3 is 2.06 bits per heavy atom. The van der Waals surface area contributed by atoms with E-state index in [2.05, 4.69) is 41.5 Å². The summed E-state index contributed by atoms with van der Waals surface area (Å²) < 4.78 is 0. The van der Waals surface area contributed by atoms with Crippen molar-refractivity contribution in [3.8, 4) is 0 Å². The Morgan fingerprint density at radius 2 is 1.45 bits per heavy atom. The van der Waals surface area contributed by atoms with Crippen LogP contribution in [0.5, 0.6) is 0 Å². The molecule has 2 aromatic heterocycles. The molecule has 0 bridgehead atoms. The van der Waals surface area contributed by atoms with Gasteiger partial charge in [-0.2, -0.15) is 0 Å². The van der Waals surface area contributed by atoms with Crippen molar-refractivity contribution in [2.24, 2.45) is 17.4 Å². The molecular weight excluding hydrogens is 660 g/mol. The number of H-pyrrole nitrogens is 2. The minimum atomic E-state index is -1.52. The van der Waals surface area contributed by atoms with Crippen LogP contribution in [0.3, 0.4) is 0 Å². The summed E-state index contributed by atoms with van der Waals surface area (Å²) in [7, 11) is 0. The molecule has 51 heavy (non-hydrogen) atoms. The summed E-state index contributed by atoms with van der Waals surface area (Å²) in [4.78, 5) is 88.4. The standard InChI is InChI=1S/C34H50N10O7/c1-18(2)28(33(50)44-29(19(3)45)34(51)41-26(30(36)47)14-22-16-37-17-39-22)43-32(49)27(13-21-15-38-24-10-6-5-9-23(21)24)42-31(48)25(40-20(4)46)11-7-8-12-35/h5-6,9-10,15-19,25-29,38,45H,7-8,11-14,35H2,1-4H3,(H2,36,47)(H,37,39)(H,40,46)(H,41,51)(H,42,48)(H,43,49)(H,44,50)/t19-,25+,26+,27+,28+,29+/m1/s1. The van der Waals surface area contributed by atoms with E-state index in [4.69, 9.17) is 11.5 Å². The molecule has 0 fully saturated rings. The minimum Gasteiger partial charge on any atom is -0.391 e. The summed E-state index contributed by atoms with van der Waals surface area (Å²) >= 11 is 0. The minimum absolute atomic E-state index is 0.0327. The van der Waals surface area contributed by atoms with E-state index in [0.717, 1.165) is 16.5 Å². The molecule has 0 aliphatic rings. The number of hydrogen-bond donors (Lipinski definition) is 10. The molecule has 2 heterocycles. The zero-order valence-electron chi connectivity index (χ0n) is 29.3. The van der Waals surface area contributed by atoms with Crippen LogP contribution in [-0.2, 0) is 41.6 Å². The molecule has 0 spiro atoms. The topological polar surface area (TPSA) is 279 Å². The van der Waals surface area contributed by atoms with Crippen LogP contribution in [0.15, 0.2) is 43.0 Å². The Morgan fingerprint density at radius 1 is 0.804 bits per heavy atom. The van der Waals surface area contributed by atoms with Crippen LogP contribution in [0.2, 0.25) is 0 Å². The molecule has 12 N–H and O–H groups in total. The average Bonchev–Trinajstić information content (AvgIpc) is 3.74. The number of aliphatic hydroxyl groups is 1. The summed E-state index contributed by atoms with van der Waals surface area (Å²) in [6.45, 7) is 6.33. The highest BCUT2D eigenvalue weighted by atomic mass is 16.3. The van der Waals surface area contributed by atoms with E-state index < -0.39 is 77.7 Å². The Bertz CT molecular complexity index is 1640. The average molecular weight is 711 g/mol. The first-order valence-electron chi connectivity index (χ1n) is 16.9. The molecular formula is C34H50N10O7. The second-order valence-corrected chi connectivity index (χ2v) is 12.8. The number of carbonyl (C=O) groups excluding carboxylic acids is 6. The molecule has 0 radical (unpaired) electrons. The number of nitrogens with one attached hydrogen (secondary N) is 7. The summed E-state index contributed by atoms with van der Waals surface area (Å²) in [6, 6.07) is 1.38. The molecule has 0 aliphatic carbocycles. The molecule has 1 aromatic carbocycles. The SMILES string of the molecule is CC(=O)N[C@@H](CCCCN)C(=O)N[C@@H](Cc1c[nH]c2ccccc12)C(=O)N[C@H](C(=O)N[C@H](C(=O)N[C@@H](Cc1c[nH]cn1)C(N)=O)[C@@H](C)O)C(C)C. The number of rotatable bonds is 20. The third-order valence-corrected chi connectivity index (χ3v) is 8.31. The van der Waals surface area contributed by atoms with Gasteiger partial charge in [0.1, 0.15) is 30.2 Å². The van der Waals surface area contributed by atoms with Gasteiger partial charge in [0.15, 0.2) is 0 Å². The number of nitrogens with two attached hydrogens (primary N) is 2. The number of carbonyl (C=O) groups is 6. The molecule has 6 amide bonds. The number of nitrogens with zero attached hydrogens (tertiary/aromatic N) is 1. The van der Waals surface area contributed by atoms with Crippen LogP contribution >= 0.6 is 0 Å². The predicted molar refractivity (Wildman–Crippen MR) is 188 cm³/mol. The van der Waals surface area contributed by atoms with Crippen LogP contribution in [0, 0.1) is 5.92 Å². The first kappa shape index (κ1) is 40.1. The lowest BCUT2D eigenvalue weighted by atomic mass is 9.99. The second-order valence-electron chi connectivity index (χ2n) is 12.8. The Labute approximate surface area is 295 Å². The van der Waals surface area contributed by atoms with Crippen LogP contribution in [-0.4, -0.2) is 98.4 Å². The summed E-state index contributed by atoms with van der Waals surface area (Å²) in [5.74, 6) is -4.74. The molecule has 278 valence electrons. The number of primary amides is 1. The fourth-order valence-corrected chi connectivity index (χ4v) is 5.54. The van der Waals surface area contributed by atoms with Crippen LogP contribution < -0.4 is 38.1 Å². The number of benzene rings is 1. The lowest BCUT2D eigenvalue weighted by Gasteiger charge is -2.29. The molecule has 17 heteroatoms. The number of para-hydroxylation sites is 1. The van der Waals surface area contributed by atoms with Crippen LogP contribution in [0.4, 0.5) is 0 Å². The van der Waals surface area contributed by atoms with E-state index >= 15 is 0 Å². The lowest BCUT2D eigenvalue weighted by Crippen LogP contribution is -2.62. The number of fused-ring (bicyclic) bond motifs is 1. The monoisotopic (exact) mass is 710 g/mol. The highest BCUT2D eigenvalue weighted by Crippen LogP contribution is 2.20. The van der Waals surface area contributed by atoms with Crippen molar-refractivity contribution in [1.82, 2.24) is 41.5 Å². The van der Waals surface area contributed by atoms with Crippen molar-refractivity contribution in [2.45, 2.75) is 96.1 Å². The first-order valence-corrected chi connectivity index (χ1v) is 16.9. The van der Waals surface area contributed by atoms with E-state index in [1.54, 1.807) is 20.0 Å².